The summed E-state index contributed by atoms with van der Waals surface area (Å²) in [7, 11) is 0. The molecule has 0 radical (unpaired) electrons. The van der Waals surface area contributed by atoms with Crippen LogP contribution >= 0.6 is 0 Å². The molecule has 0 unspecified atom stereocenters. The number of hydrogen-bond acceptors (Lipinski definition) is 4. The zero-order valence-corrected chi connectivity index (χ0v) is 13.6. The summed E-state index contributed by atoms with van der Waals surface area (Å²) in [6, 6.07) is 9.91. The Kier molecular flexibility index (Phi) is 7.03. The standard InChI is InChI=1S/C17H25N3O3/c1-14(15-5-3-2-4-6-15)13-19-17(22)16(21)18-7-8-20-9-11-23-12-10-20/h2-6,14H,7-13H2,1H3,(H,18,21)(H,19,22)/t14-/m0/s1. The van der Waals surface area contributed by atoms with E-state index in [0.29, 0.717) is 13.1 Å². The summed E-state index contributed by atoms with van der Waals surface area (Å²) < 4.78 is 5.26. The maximum absolute atomic E-state index is 11.8. The fourth-order valence-corrected chi connectivity index (χ4v) is 2.46. The van der Waals surface area contributed by atoms with Crippen LogP contribution in [0.2, 0.25) is 0 Å². The summed E-state index contributed by atoms with van der Waals surface area (Å²) >= 11 is 0. The van der Waals surface area contributed by atoms with Crippen LogP contribution in [0, 0.1) is 0 Å². The predicted molar refractivity (Wildman–Crippen MR) is 88.1 cm³/mol. The SMILES string of the molecule is C[C@@H](CNC(=O)C(=O)NCCN1CCOCC1)c1ccccc1. The zero-order valence-electron chi connectivity index (χ0n) is 13.6. The van der Waals surface area contributed by atoms with E-state index in [0.717, 1.165) is 38.4 Å². The topological polar surface area (TPSA) is 70.7 Å². The fourth-order valence-electron chi connectivity index (χ4n) is 2.46. The highest BCUT2D eigenvalue weighted by Gasteiger charge is 2.15. The van der Waals surface area contributed by atoms with Crippen LogP contribution in [0.5, 0.6) is 0 Å². The Labute approximate surface area is 137 Å². The molecule has 23 heavy (non-hydrogen) atoms. The molecule has 2 N–H and O–H groups in total. The smallest absolute Gasteiger partial charge is 0.309 e. The number of nitrogens with zero attached hydrogens (tertiary/aromatic N) is 1. The van der Waals surface area contributed by atoms with Gasteiger partial charge in [-0.15, -0.1) is 0 Å². The van der Waals surface area contributed by atoms with E-state index in [4.69, 9.17) is 4.74 Å². The number of hydrogen-bond donors (Lipinski definition) is 2. The van der Waals surface area contributed by atoms with Gasteiger partial charge in [-0.25, -0.2) is 0 Å². The minimum atomic E-state index is -0.574. The van der Waals surface area contributed by atoms with Crippen LogP contribution in [0.25, 0.3) is 0 Å². The minimum Gasteiger partial charge on any atom is -0.379 e. The lowest BCUT2D eigenvalue weighted by molar-refractivity contribution is -0.139. The second-order valence-electron chi connectivity index (χ2n) is 5.73. The van der Waals surface area contributed by atoms with Crippen molar-refractivity contribution >= 4 is 11.8 Å². The third kappa shape index (κ3) is 6.00. The Morgan fingerprint density at radius 1 is 1.13 bits per heavy atom. The van der Waals surface area contributed by atoms with E-state index in [2.05, 4.69) is 15.5 Å². The molecule has 1 saturated heterocycles. The molecular formula is C17H25N3O3. The molecule has 0 spiro atoms. The highest BCUT2D eigenvalue weighted by Crippen LogP contribution is 2.12. The van der Waals surface area contributed by atoms with Gasteiger partial charge in [-0.3, -0.25) is 14.5 Å². The maximum atomic E-state index is 11.8. The van der Waals surface area contributed by atoms with Crippen molar-refractivity contribution in [3.05, 3.63) is 35.9 Å². The van der Waals surface area contributed by atoms with E-state index in [1.807, 2.05) is 37.3 Å². The summed E-state index contributed by atoms with van der Waals surface area (Å²) in [5.41, 5.74) is 1.14. The molecule has 2 amide bonds. The van der Waals surface area contributed by atoms with Crippen LogP contribution in [0.3, 0.4) is 0 Å². The molecule has 1 fully saturated rings. The minimum absolute atomic E-state index is 0.168. The van der Waals surface area contributed by atoms with Crippen molar-refractivity contribution in [1.82, 2.24) is 15.5 Å². The molecule has 0 aromatic heterocycles. The van der Waals surface area contributed by atoms with Gasteiger partial charge in [0.2, 0.25) is 0 Å². The second-order valence-corrected chi connectivity index (χ2v) is 5.73. The molecule has 1 aromatic rings. The summed E-state index contributed by atoms with van der Waals surface area (Å²) in [4.78, 5) is 25.8. The Bertz CT molecular complexity index is 501. The largest absolute Gasteiger partial charge is 0.379 e. The molecule has 1 aliphatic heterocycles. The van der Waals surface area contributed by atoms with Crippen LogP contribution in [0.4, 0.5) is 0 Å². The number of carbonyl (C=O) groups excluding carboxylic acids is 2. The van der Waals surface area contributed by atoms with Gasteiger partial charge in [-0.2, -0.15) is 0 Å². The fraction of sp³-hybridized carbons (Fsp3) is 0.529. The van der Waals surface area contributed by atoms with Gasteiger partial charge >= 0.3 is 11.8 Å². The molecule has 6 heteroatoms. The number of carbonyl (C=O) groups is 2. The molecule has 126 valence electrons. The number of amides is 2. The normalized spacial score (nSPS) is 16.6. The predicted octanol–water partition coefficient (Wildman–Crippen LogP) is 0.355. The number of rotatable bonds is 6. The molecule has 1 aromatic carbocycles. The molecule has 1 atom stereocenters. The summed E-state index contributed by atoms with van der Waals surface area (Å²) in [5, 5.41) is 5.34. The van der Waals surface area contributed by atoms with Gasteiger partial charge in [0.05, 0.1) is 13.2 Å². The van der Waals surface area contributed by atoms with Crippen molar-refractivity contribution in [2.24, 2.45) is 0 Å². The molecule has 0 aliphatic carbocycles. The van der Waals surface area contributed by atoms with Gasteiger partial charge in [0.25, 0.3) is 0 Å². The summed E-state index contributed by atoms with van der Waals surface area (Å²) in [6.07, 6.45) is 0. The first-order valence-corrected chi connectivity index (χ1v) is 8.08. The van der Waals surface area contributed by atoms with Gasteiger partial charge in [-0.05, 0) is 11.5 Å². The first-order chi connectivity index (χ1) is 11.2. The van der Waals surface area contributed by atoms with Crippen LogP contribution in [0.15, 0.2) is 30.3 Å². The van der Waals surface area contributed by atoms with Gasteiger partial charge < -0.3 is 15.4 Å². The van der Waals surface area contributed by atoms with Gasteiger partial charge in [0.1, 0.15) is 0 Å². The Morgan fingerprint density at radius 2 is 1.78 bits per heavy atom. The Hall–Kier alpha value is -1.92. The third-order valence-corrected chi connectivity index (χ3v) is 3.96. The molecule has 0 bridgehead atoms. The number of nitrogens with one attached hydrogen (secondary N) is 2. The lowest BCUT2D eigenvalue weighted by Crippen LogP contribution is -2.45. The second kappa shape index (κ2) is 9.27. The first-order valence-electron chi connectivity index (χ1n) is 8.08. The number of ether oxygens (including phenoxy) is 1. The summed E-state index contributed by atoms with van der Waals surface area (Å²) in [5.74, 6) is -0.977. The average Bonchev–Trinajstić information content (AvgIpc) is 2.61. The lowest BCUT2D eigenvalue weighted by Gasteiger charge is -2.26. The monoisotopic (exact) mass is 319 g/mol. The number of benzene rings is 1. The van der Waals surface area contributed by atoms with Gasteiger partial charge in [0, 0.05) is 32.7 Å². The van der Waals surface area contributed by atoms with E-state index in [-0.39, 0.29) is 5.92 Å². The zero-order chi connectivity index (χ0) is 16.5. The van der Waals surface area contributed by atoms with E-state index in [1.54, 1.807) is 0 Å². The highest BCUT2D eigenvalue weighted by molar-refractivity contribution is 6.35. The van der Waals surface area contributed by atoms with Crippen molar-refractivity contribution in [1.29, 1.82) is 0 Å². The third-order valence-electron chi connectivity index (χ3n) is 3.96. The van der Waals surface area contributed by atoms with Crippen molar-refractivity contribution < 1.29 is 14.3 Å². The molecule has 6 nitrogen and oxygen atoms in total. The van der Waals surface area contributed by atoms with E-state index in [1.165, 1.54) is 0 Å². The quantitative estimate of drug-likeness (QED) is 0.743. The number of morpholine rings is 1. The van der Waals surface area contributed by atoms with Crippen LogP contribution in [-0.4, -0.2) is 62.7 Å². The lowest BCUT2D eigenvalue weighted by atomic mass is 10.0. The van der Waals surface area contributed by atoms with Crippen molar-refractivity contribution in [2.75, 3.05) is 45.9 Å². The van der Waals surface area contributed by atoms with Crippen LogP contribution < -0.4 is 10.6 Å². The molecule has 0 saturated carbocycles. The van der Waals surface area contributed by atoms with E-state index >= 15 is 0 Å². The molecule has 2 rings (SSSR count). The van der Waals surface area contributed by atoms with Crippen LogP contribution in [-0.2, 0) is 14.3 Å². The van der Waals surface area contributed by atoms with Crippen LogP contribution in [0.1, 0.15) is 18.4 Å². The Balaban J connectivity index is 1.63. The van der Waals surface area contributed by atoms with Crippen molar-refractivity contribution in [3.63, 3.8) is 0 Å². The Morgan fingerprint density at radius 3 is 2.48 bits per heavy atom. The highest BCUT2D eigenvalue weighted by atomic mass is 16.5. The van der Waals surface area contributed by atoms with E-state index in [9.17, 15) is 9.59 Å². The summed E-state index contributed by atoms with van der Waals surface area (Å²) in [6.45, 7) is 6.87. The van der Waals surface area contributed by atoms with Gasteiger partial charge in [-0.1, -0.05) is 37.3 Å². The van der Waals surface area contributed by atoms with E-state index < -0.39 is 11.8 Å². The molecule has 1 aliphatic rings. The first kappa shape index (κ1) is 17.4. The maximum Gasteiger partial charge on any atom is 0.309 e. The molecular weight excluding hydrogens is 294 g/mol. The van der Waals surface area contributed by atoms with Crippen molar-refractivity contribution in [3.8, 4) is 0 Å². The molecule has 1 heterocycles. The van der Waals surface area contributed by atoms with Gasteiger partial charge in [0.15, 0.2) is 0 Å². The van der Waals surface area contributed by atoms with Crippen molar-refractivity contribution in [2.45, 2.75) is 12.8 Å². The average molecular weight is 319 g/mol.